The number of hydrogen-bond donors (Lipinski definition) is 1. The summed E-state index contributed by atoms with van der Waals surface area (Å²) in [5.41, 5.74) is 9.96. The van der Waals surface area contributed by atoms with E-state index in [0.29, 0.717) is 11.3 Å². The predicted octanol–water partition coefficient (Wildman–Crippen LogP) is 3.95. The van der Waals surface area contributed by atoms with Gasteiger partial charge in [0, 0.05) is 23.0 Å². The van der Waals surface area contributed by atoms with Gasteiger partial charge >= 0.3 is 0 Å². The van der Waals surface area contributed by atoms with Crippen LogP contribution in [-0.2, 0) is 7.05 Å². The first kappa shape index (κ1) is 12.7. The van der Waals surface area contributed by atoms with E-state index in [0.717, 1.165) is 27.1 Å². The van der Waals surface area contributed by atoms with E-state index in [1.54, 1.807) is 4.68 Å². The van der Waals surface area contributed by atoms with Crippen LogP contribution in [0.5, 0.6) is 0 Å². The third-order valence-electron chi connectivity index (χ3n) is 4.10. The average molecular weight is 320 g/mol. The van der Waals surface area contributed by atoms with Crippen LogP contribution in [-0.4, -0.2) is 9.78 Å². The highest BCUT2D eigenvalue weighted by molar-refractivity contribution is 9.10. The van der Waals surface area contributed by atoms with Crippen molar-refractivity contribution in [1.82, 2.24) is 9.78 Å². The molecule has 2 aromatic rings. The van der Waals surface area contributed by atoms with Crippen molar-refractivity contribution in [2.24, 2.45) is 12.5 Å². The summed E-state index contributed by atoms with van der Waals surface area (Å²) in [6.07, 6.45) is 1.19. The van der Waals surface area contributed by atoms with Crippen molar-refractivity contribution in [2.75, 3.05) is 5.73 Å². The highest BCUT2D eigenvalue weighted by Crippen LogP contribution is 2.60. The molecule has 1 saturated carbocycles. The largest absolute Gasteiger partial charge is 0.383 e. The maximum atomic E-state index is 6.22. The second-order valence-electron chi connectivity index (χ2n) is 6.02. The number of aryl methyl sites for hydroxylation is 1. The Morgan fingerprint density at radius 2 is 1.89 bits per heavy atom. The highest BCUT2D eigenvalue weighted by Gasteiger charge is 2.49. The fraction of sp³-hybridized carbons (Fsp3) is 0.400. The molecule has 0 radical (unpaired) electrons. The number of nitrogens with two attached hydrogens (primary N) is 1. The van der Waals surface area contributed by atoms with Crippen LogP contribution < -0.4 is 5.73 Å². The van der Waals surface area contributed by atoms with Crippen LogP contribution in [0.15, 0.2) is 28.7 Å². The number of nitrogens with zero attached hydrogens (tertiary/aromatic N) is 2. The molecule has 100 valence electrons. The topological polar surface area (TPSA) is 43.8 Å². The van der Waals surface area contributed by atoms with Crippen LogP contribution in [0.2, 0.25) is 0 Å². The molecule has 1 unspecified atom stereocenters. The minimum atomic E-state index is 0.352. The molecule has 0 saturated heterocycles. The van der Waals surface area contributed by atoms with Gasteiger partial charge in [-0.1, -0.05) is 41.9 Å². The van der Waals surface area contributed by atoms with Crippen LogP contribution in [0.4, 0.5) is 5.82 Å². The molecule has 1 fully saturated rings. The van der Waals surface area contributed by atoms with Crippen molar-refractivity contribution in [2.45, 2.75) is 26.2 Å². The molecule has 1 heterocycles. The highest BCUT2D eigenvalue weighted by atomic mass is 79.9. The molecule has 0 spiro atoms. The van der Waals surface area contributed by atoms with Gasteiger partial charge in [-0.25, -0.2) is 0 Å². The summed E-state index contributed by atoms with van der Waals surface area (Å²) in [6.45, 7) is 4.57. The fourth-order valence-corrected chi connectivity index (χ4v) is 2.91. The third-order valence-corrected chi connectivity index (χ3v) is 4.62. The summed E-state index contributed by atoms with van der Waals surface area (Å²) in [5.74, 6) is 1.27. The zero-order chi connectivity index (χ0) is 13.8. The molecule has 19 heavy (non-hydrogen) atoms. The summed E-state index contributed by atoms with van der Waals surface area (Å²) in [4.78, 5) is 0. The Kier molecular flexibility index (Phi) is 2.75. The smallest absolute Gasteiger partial charge is 0.129 e. The monoisotopic (exact) mass is 319 g/mol. The van der Waals surface area contributed by atoms with Crippen molar-refractivity contribution in [3.8, 4) is 11.1 Å². The van der Waals surface area contributed by atoms with Crippen LogP contribution in [0, 0.1) is 5.41 Å². The minimum absolute atomic E-state index is 0.352. The molecule has 1 aliphatic rings. The molecule has 1 atom stereocenters. The Hall–Kier alpha value is -1.29. The molecule has 1 aliphatic carbocycles. The van der Waals surface area contributed by atoms with Gasteiger partial charge in [-0.15, -0.1) is 0 Å². The van der Waals surface area contributed by atoms with E-state index in [1.807, 2.05) is 19.2 Å². The fourth-order valence-electron chi connectivity index (χ4n) is 2.65. The lowest BCUT2D eigenvalue weighted by atomic mass is 9.99. The molecule has 1 aromatic carbocycles. The number of halogens is 1. The molecule has 0 bridgehead atoms. The zero-order valence-corrected chi connectivity index (χ0v) is 13.0. The summed E-state index contributed by atoms with van der Waals surface area (Å²) in [5, 5.41) is 4.65. The molecule has 0 aliphatic heterocycles. The van der Waals surface area contributed by atoms with E-state index >= 15 is 0 Å². The van der Waals surface area contributed by atoms with Crippen LogP contribution in [0.3, 0.4) is 0 Å². The van der Waals surface area contributed by atoms with Crippen LogP contribution in [0.25, 0.3) is 11.1 Å². The van der Waals surface area contributed by atoms with E-state index in [9.17, 15) is 0 Å². The SMILES string of the molecule is Cn1nc(C2CC2(C)C)c(-c2ccc(Br)cc2)c1N. The third kappa shape index (κ3) is 2.08. The quantitative estimate of drug-likeness (QED) is 0.911. The number of benzene rings is 1. The maximum absolute atomic E-state index is 6.22. The van der Waals surface area contributed by atoms with Gasteiger partial charge < -0.3 is 5.73 Å². The molecular weight excluding hydrogens is 302 g/mol. The lowest BCUT2D eigenvalue weighted by Gasteiger charge is -2.06. The van der Waals surface area contributed by atoms with Gasteiger partial charge in [0.2, 0.25) is 0 Å². The second-order valence-corrected chi connectivity index (χ2v) is 6.94. The van der Waals surface area contributed by atoms with Crippen molar-refractivity contribution < 1.29 is 0 Å². The van der Waals surface area contributed by atoms with Gasteiger partial charge in [0.25, 0.3) is 0 Å². The number of anilines is 1. The van der Waals surface area contributed by atoms with Crippen LogP contribution >= 0.6 is 15.9 Å². The second kappa shape index (κ2) is 4.10. The first-order valence-corrected chi connectivity index (χ1v) is 7.28. The van der Waals surface area contributed by atoms with E-state index in [4.69, 9.17) is 5.73 Å². The van der Waals surface area contributed by atoms with E-state index < -0.39 is 0 Å². The van der Waals surface area contributed by atoms with Crippen molar-refractivity contribution in [3.63, 3.8) is 0 Å². The summed E-state index contributed by atoms with van der Waals surface area (Å²) < 4.78 is 2.87. The van der Waals surface area contributed by atoms with E-state index in [1.165, 1.54) is 6.42 Å². The van der Waals surface area contributed by atoms with E-state index in [2.05, 4.69) is 47.0 Å². The normalized spacial score (nSPS) is 20.5. The number of rotatable bonds is 2. The van der Waals surface area contributed by atoms with Gasteiger partial charge in [-0.2, -0.15) is 5.10 Å². The van der Waals surface area contributed by atoms with Gasteiger partial charge in [0.05, 0.1) is 5.69 Å². The predicted molar refractivity (Wildman–Crippen MR) is 81.9 cm³/mol. The standard InChI is InChI=1S/C15H18BrN3/c1-15(2)8-11(15)13-12(14(17)19(3)18-13)9-4-6-10(16)7-5-9/h4-7,11H,8,17H2,1-3H3. The Morgan fingerprint density at radius 3 is 2.42 bits per heavy atom. The Bertz CT molecular complexity index is 626. The molecular formula is C15H18BrN3. The van der Waals surface area contributed by atoms with Gasteiger partial charge in [0.15, 0.2) is 0 Å². The molecule has 3 rings (SSSR count). The van der Waals surface area contributed by atoms with Gasteiger partial charge in [-0.05, 0) is 29.5 Å². The molecule has 2 N–H and O–H groups in total. The number of aromatic nitrogens is 2. The Morgan fingerprint density at radius 1 is 1.32 bits per heavy atom. The Labute approximate surface area is 121 Å². The minimum Gasteiger partial charge on any atom is -0.383 e. The summed E-state index contributed by atoms with van der Waals surface area (Å²) in [7, 11) is 1.91. The van der Waals surface area contributed by atoms with Gasteiger partial charge in [-0.3, -0.25) is 4.68 Å². The number of hydrogen-bond acceptors (Lipinski definition) is 2. The Balaban J connectivity index is 2.12. The summed E-state index contributed by atoms with van der Waals surface area (Å²) in [6, 6.07) is 8.28. The molecule has 1 aromatic heterocycles. The maximum Gasteiger partial charge on any atom is 0.129 e. The first-order chi connectivity index (χ1) is 8.90. The van der Waals surface area contributed by atoms with E-state index in [-0.39, 0.29) is 0 Å². The van der Waals surface area contributed by atoms with Crippen LogP contribution in [0.1, 0.15) is 31.9 Å². The van der Waals surface area contributed by atoms with Crippen molar-refractivity contribution in [3.05, 3.63) is 34.4 Å². The first-order valence-electron chi connectivity index (χ1n) is 6.48. The lowest BCUT2D eigenvalue weighted by molar-refractivity contribution is 0.609. The summed E-state index contributed by atoms with van der Waals surface area (Å²) >= 11 is 3.47. The molecule has 0 amide bonds. The average Bonchev–Trinajstić information content (AvgIpc) is 2.88. The number of nitrogen functional groups attached to an aromatic ring is 1. The van der Waals surface area contributed by atoms with Gasteiger partial charge in [0.1, 0.15) is 5.82 Å². The lowest BCUT2D eigenvalue weighted by Crippen LogP contribution is -1.98. The van der Waals surface area contributed by atoms with Crippen molar-refractivity contribution in [1.29, 1.82) is 0 Å². The zero-order valence-electron chi connectivity index (χ0n) is 11.4. The molecule has 4 heteroatoms. The molecule has 3 nitrogen and oxygen atoms in total. The van der Waals surface area contributed by atoms with Crippen molar-refractivity contribution >= 4 is 21.7 Å².